The van der Waals surface area contributed by atoms with Crippen molar-refractivity contribution in [3.8, 4) is 0 Å². The number of hydrogen-bond donors (Lipinski definition) is 0. The maximum absolute atomic E-state index is 12.9. The summed E-state index contributed by atoms with van der Waals surface area (Å²) in [6, 6.07) is 0. The molecule has 2 atom stereocenters. The molecule has 0 aliphatic rings. The Hall–Kier alpha value is -5.09. The Morgan fingerprint density at radius 1 is 0.333 bits per heavy atom. The fourth-order valence-corrected chi connectivity index (χ4v) is 10.0. The summed E-state index contributed by atoms with van der Waals surface area (Å²) >= 11 is 0. The van der Waals surface area contributed by atoms with Gasteiger partial charge in [0.2, 0.25) is 0 Å². The predicted molar refractivity (Wildman–Crippen MR) is 398 cm³/mol. The van der Waals surface area contributed by atoms with Gasteiger partial charge in [0.25, 0.3) is 0 Å². The lowest BCUT2D eigenvalue weighted by molar-refractivity contribution is -0.870. The highest BCUT2D eigenvalue weighted by molar-refractivity contribution is 5.70. The summed E-state index contributed by atoms with van der Waals surface area (Å²) < 4.78 is 22.8. The second-order valence-electron chi connectivity index (χ2n) is 25.9. The van der Waals surface area contributed by atoms with Crippen molar-refractivity contribution >= 4 is 17.9 Å². The van der Waals surface area contributed by atoms with Crippen LogP contribution < -0.4 is 5.11 Å². The molecule has 0 saturated carbocycles. The van der Waals surface area contributed by atoms with Crippen LogP contribution in [0.3, 0.4) is 0 Å². The van der Waals surface area contributed by atoms with Crippen molar-refractivity contribution in [1.82, 2.24) is 0 Å². The zero-order valence-electron chi connectivity index (χ0n) is 60.3. The van der Waals surface area contributed by atoms with Crippen LogP contribution in [-0.4, -0.2) is 82.3 Å². The quantitative estimate of drug-likeness (QED) is 0.0195. The van der Waals surface area contributed by atoms with E-state index in [2.05, 4.69) is 172 Å². The number of quaternary nitrogens is 1. The Balaban J connectivity index is 4.18. The van der Waals surface area contributed by atoms with E-state index >= 15 is 0 Å². The predicted octanol–water partition coefficient (Wildman–Crippen LogP) is 22.7. The first kappa shape index (κ1) is 87.9. The summed E-state index contributed by atoms with van der Waals surface area (Å²) in [5.74, 6) is -2.32. The molecule has 0 aromatic heterocycles. The van der Waals surface area contributed by atoms with E-state index in [1.807, 2.05) is 21.1 Å². The molecule has 0 saturated heterocycles. The second kappa shape index (κ2) is 72.7. The summed E-state index contributed by atoms with van der Waals surface area (Å²) in [4.78, 5) is 37.6. The largest absolute Gasteiger partial charge is 0.545 e. The van der Waals surface area contributed by atoms with Gasteiger partial charge in [0.1, 0.15) is 13.2 Å². The number of aliphatic carboxylic acids is 1. The average molecular weight is 1290 g/mol. The molecule has 0 aliphatic carbocycles. The smallest absolute Gasteiger partial charge is 0.306 e. The molecule has 2 unspecified atom stereocenters. The van der Waals surface area contributed by atoms with Gasteiger partial charge in [-0.3, -0.25) is 9.59 Å². The van der Waals surface area contributed by atoms with Crippen molar-refractivity contribution in [2.45, 2.75) is 309 Å². The second-order valence-corrected chi connectivity index (χ2v) is 25.9. The van der Waals surface area contributed by atoms with Crippen LogP contribution in [0.1, 0.15) is 296 Å². The molecule has 0 amide bonds. The van der Waals surface area contributed by atoms with Gasteiger partial charge in [-0.15, -0.1) is 0 Å². The van der Waals surface area contributed by atoms with Gasteiger partial charge in [-0.25, -0.2) is 0 Å². The highest BCUT2D eigenvalue weighted by Crippen LogP contribution is 2.17. The number of carboxylic acid groups (broad SMARTS) is 1. The van der Waals surface area contributed by atoms with Crippen molar-refractivity contribution < 1.29 is 42.9 Å². The first-order valence-electron chi connectivity index (χ1n) is 37.6. The summed E-state index contributed by atoms with van der Waals surface area (Å²) in [6.45, 7) is 4.60. The molecule has 9 heteroatoms. The Bertz CT molecular complexity index is 2090. The number of esters is 2. The van der Waals surface area contributed by atoms with E-state index in [0.29, 0.717) is 17.4 Å². The van der Waals surface area contributed by atoms with Gasteiger partial charge in [-0.2, -0.15) is 0 Å². The first-order valence-corrected chi connectivity index (χ1v) is 37.6. The minimum Gasteiger partial charge on any atom is -0.545 e. The van der Waals surface area contributed by atoms with E-state index < -0.39 is 24.3 Å². The van der Waals surface area contributed by atoms with Crippen LogP contribution >= 0.6 is 0 Å². The highest BCUT2D eigenvalue weighted by Gasteiger charge is 2.22. The molecule has 93 heavy (non-hydrogen) atoms. The fourth-order valence-electron chi connectivity index (χ4n) is 10.0. The van der Waals surface area contributed by atoms with Crippen LogP contribution in [0.5, 0.6) is 0 Å². The number of carboxylic acids is 1. The third-order valence-corrected chi connectivity index (χ3v) is 15.8. The zero-order valence-corrected chi connectivity index (χ0v) is 60.3. The SMILES string of the molecule is CC/C=C\C/C=C\C/C=C\C/C=C\C/C=C\C/C=C\C/C=C\C/C=C\C/C=C\C/C=C\CCCCCCC(=O)OC(COC(=O)CCCCCCCCCCCCCCCCCCCC/C=C\C/C=C\C/C=C\CCCCCCC)COC(OCC[N+](C)(C)C)C(=O)[O-]. The zero-order chi connectivity index (χ0) is 67.5. The molecule has 0 aromatic carbocycles. The molecule has 528 valence electrons. The van der Waals surface area contributed by atoms with Crippen molar-refractivity contribution in [1.29, 1.82) is 0 Å². The number of ether oxygens (including phenoxy) is 4. The van der Waals surface area contributed by atoms with E-state index in [1.54, 1.807) is 0 Å². The Morgan fingerprint density at radius 2 is 0.613 bits per heavy atom. The minimum atomic E-state index is -1.64. The lowest BCUT2D eigenvalue weighted by Crippen LogP contribution is -2.44. The van der Waals surface area contributed by atoms with Gasteiger partial charge in [-0.1, -0.05) is 313 Å². The summed E-state index contributed by atoms with van der Waals surface area (Å²) in [5.41, 5.74) is 0. The number of allylic oxidation sites excluding steroid dienone is 26. The van der Waals surface area contributed by atoms with Gasteiger partial charge >= 0.3 is 11.9 Å². The first-order chi connectivity index (χ1) is 45.6. The van der Waals surface area contributed by atoms with Crippen LogP contribution in [0.4, 0.5) is 0 Å². The summed E-state index contributed by atoms with van der Waals surface area (Å²) in [5, 5.41) is 11.8. The monoisotopic (exact) mass is 1290 g/mol. The molecule has 0 rings (SSSR count). The van der Waals surface area contributed by atoms with E-state index in [0.717, 1.165) is 122 Å². The number of rotatable bonds is 68. The van der Waals surface area contributed by atoms with Crippen LogP contribution in [-0.2, 0) is 33.3 Å². The van der Waals surface area contributed by atoms with E-state index in [-0.39, 0.29) is 38.6 Å². The van der Waals surface area contributed by atoms with Crippen molar-refractivity contribution in [2.24, 2.45) is 0 Å². The number of nitrogens with zero attached hydrogens (tertiary/aromatic N) is 1. The van der Waals surface area contributed by atoms with Crippen molar-refractivity contribution in [3.63, 3.8) is 0 Å². The Labute approximate surface area is 572 Å². The van der Waals surface area contributed by atoms with E-state index in [9.17, 15) is 19.5 Å². The molecule has 0 heterocycles. The van der Waals surface area contributed by atoms with Crippen LogP contribution in [0.2, 0.25) is 0 Å². The number of carbonyl (C=O) groups excluding carboxylic acids is 3. The highest BCUT2D eigenvalue weighted by atomic mass is 16.7. The molecule has 0 fully saturated rings. The topological polar surface area (TPSA) is 111 Å². The molecule has 0 aromatic rings. The minimum absolute atomic E-state index is 0.135. The van der Waals surface area contributed by atoms with Crippen molar-refractivity contribution in [2.75, 3.05) is 47.5 Å². The molecule has 0 N–H and O–H groups in total. The van der Waals surface area contributed by atoms with Crippen molar-refractivity contribution in [3.05, 3.63) is 158 Å². The molecule has 0 aliphatic heterocycles. The third kappa shape index (κ3) is 74.2. The van der Waals surface area contributed by atoms with Crippen LogP contribution in [0.25, 0.3) is 0 Å². The molecule has 0 radical (unpaired) electrons. The van der Waals surface area contributed by atoms with Gasteiger partial charge in [-0.05, 0) is 128 Å². The van der Waals surface area contributed by atoms with Crippen LogP contribution in [0, 0.1) is 0 Å². The lowest BCUT2D eigenvalue weighted by atomic mass is 10.0. The molecular formula is C84H139NO8. The lowest BCUT2D eigenvalue weighted by Gasteiger charge is -2.26. The van der Waals surface area contributed by atoms with E-state index in [4.69, 9.17) is 18.9 Å². The Morgan fingerprint density at radius 3 is 0.914 bits per heavy atom. The fraction of sp³-hybridized carbons (Fsp3) is 0.655. The van der Waals surface area contributed by atoms with Crippen LogP contribution in [0.15, 0.2) is 158 Å². The summed E-state index contributed by atoms with van der Waals surface area (Å²) in [6.07, 6.45) is 105. The summed E-state index contributed by atoms with van der Waals surface area (Å²) in [7, 11) is 5.92. The molecule has 0 spiro atoms. The van der Waals surface area contributed by atoms with Gasteiger partial charge in [0.15, 0.2) is 12.4 Å². The molecular weight excluding hydrogens is 1150 g/mol. The third-order valence-electron chi connectivity index (χ3n) is 15.8. The van der Waals surface area contributed by atoms with Gasteiger partial charge < -0.3 is 33.3 Å². The molecule has 9 nitrogen and oxygen atoms in total. The van der Waals surface area contributed by atoms with E-state index in [1.165, 1.54) is 141 Å². The normalized spacial score (nSPS) is 13.6. The number of carbonyl (C=O) groups is 3. The maximum atomic E-state index is 12.9. The standard InChI is InChI=1S/C84H139NO8/c1-6-8-10-12-14-16-18-20-22-24-26-28-30-32-34-36-38-40-41-43-45-47-49-51-53-55-57-59-61-63-65-67-69-71-73-75-82(87)93-80(79-92-84(83(88)89)90-77-76-85(3,4)5)78-91-81(86)74-72-70-68-66-64-62-60-58-56-54-52-50-48-46-44-42-39-37-35-33-31-29-27-25-23-21-19-17-15-13-11-9-7-2/h8,10,14,16,19-22,25-28,31-34,38,40,43,45,49,51,55,57,61,63,80,84H,6-7,9,11-13,15,17-18,23-24,29-30,35-37,39,41-42,44,46-48,50,52-54,56,58-60,62,64-79H2,1-5H3/b10-8-,16-14-,21-19-,22-20-,27-25-,28-26-,33-31-,34-32-,40-38-,45-43-,51-49-,57-55-,63-61-. The average Bonchev–Trinajstić information content (AvgIpc) is 3.74. The Kier molecular flexibility index (Phi) is 68.8. The molecule has 0 bridgehead atoms. The van der Waals surface area contributed by atoms with Gasteiger partial charge in [0, 0.05) is 12.8 Å². The number of unbranched alkanes of at least 4 members (excludes halogenated alkanes) is 27. The van der Waals surface area contributed by atoms with Gasteiger partial charge in [0.05, 0.1) is 40.3 Å². The number of hydrogen-bond acceptors (Lipinski definition) is 8. The number of likely N-dealkylation sites (N-methyl/N-ethyl adjacent to an activating group) is 1. The maximum Gasteiger partial charge on any atom is 0.306 e.